The van der Waals surface area contributed by atoms with Gasteiger partial charge < -0.3 is 30.3 Å². The van der Waals surface area contributed by atoms with Crippen molar-refractivity contribution in [3.05, 3.63) is 17.2 Å². The van der Waals surface area contributed by atoms with Crippen molar-refractivity contribution in [1.29, 1.82) is 0 Å². The first kappa shape index (κ1) is 21.8. The van der Waals surface area contributed by atoms with Crippen molar-refractivity contribution in [2.45, 2.75) is 74.6 Å². The third kappa shape index (κ3) is 3.03. The number of likely N-dealkylation sites (tertiary alicyclic amines) is 1. The van der Waals surface area contributed by atoms with E-state index >= 15 is 0 Å². The number of piperidine rings is 1. The molecule has 1 saturated heterocycles. The lowest BCUT2D eigenvalue weighted by Gasteiger charge is -2.59. The predicted octanol–water partition coefficient (Wildman–Crippen LogP) is 1.61. The number of methoxy groups -OCH3 is 1. The first-order chi connectivity index (χ1) is 15.4. The number of nitrogens with one attached hydrogen (secondary N) is 1. The lowest BCUT2D eigenvalue weighted by atomic mass is 9.51. The smallest absolute Gasteiger partial charge is 0.320 e. The molecule has 1 aromatic rings. The fourth-order valence-electron chi connectivity index (χ4n) is 7.17. The van der Waals surface area contributed by atoms with E-state index in [0.717, 1.165) is 61.9 Å². The molecule has 0 unspecified atom stereocenters. The third-order valence-electron chi connectivity index (χ3n) is 8.56. The monoisotopic (exact) mass is 445 g/mol. The highest BCUT2D eigenvalue weighted by Gasteiger charge is 2.66. The second-order valence-corrected chi connectivity index (χ2v) is 9.99. The molecule has 0 radical (unpaired) electrons. The Hall–Kier alpha value is -2.03. The molecular formula is C24H35N3O5. The van der Waals surface area contributed by atoms with Gasteiger partial charge in [-0.2, -0.15) is 0 Å². The van der Waals surface area contributed by atoms with Gasteiger partial charge in [0.25, 0.3) is 0 Å². The van der Waals surface area contributed by atoms with E-state index in [9.17, 15) is 15.0 Å². The van der Waals surface area contributed by atoms with Crippen molar-refractivity contribution in [3.63, 3.8) is 0 Å². The maximum absolute atomic E-state index is 12.0. The molecule has 0 aromatic heterocycles. The van der Waals surface area contributed by atoms with Crippen LogP contribution < -0.4 is 20.5 Å². The standard InChI is InChI=1S/C24H35N3O5/c1-27-10-8-24-14-6-7-15(26-16(23(29)30)5-3-4-9-25)22(24)32-21-18(28)12-19(31-2)13(20(21)24)11-17(14)27/h12,14-17,22,26,28H,3-11,25H2,1-2H3,(H,29,30)/t14-,15+,16-,17+,22-,24-/m0/s1. The molecule has 5 N–H and O–H groups in total. The van der Waals surface area contributed by atoms with Gasteiger partial charge in [0.1, 0.15) is 17.9 Å². The average molecular weight is 446 g/mol. The molecule has 8 nitrogen and oxygen atoms in total. The molecule has 176 valence electrons. The second-order valence-electron chi connectivity index (χ2n) is 9.99. The minimum atomic E-state index is -0.827. The maximum atomic E-state index is 12.0. The number of likely N-dealkylation sites (N-methyl/N-ethyl adjacent to an activating group) is 1. The van der Waals surface area contributed by atoms with Crippen LogP contribution in [0.15, 0.2) is 6.07 Å². The number of phenolic OH excluding ortho intramolecular Hbond substituents is 1. The molecule has 5 rings (SSSR count). The van der Waals surface area contributed by atoms with Gasteiger partial charge in [-0.3, -0.25) is 10.1 Å². The molecule has 2 fully saturated rings. The van der Waals surface area contributed by atoms with Gasteiger partial charge in [-0.1, -0.05) is 6.42 Å². The van der Waals surface area contributed by atoms with Crippen LogP contribution in [-0.4, -0.2) is 72.6 Å². The number of unbranched alkanes of at least 4 members (excludes halogenated alkanes) is 1. The minimum Gasteiger partial charge on any atom is -0.504 e. The van der Waals surface area contributed by atoms with Crippen molar-refractivity contribution in [3.8, 4) is 17.2 Å². The number of ether oxygens (including phenoxy) is 2. The average Bonchev–Trinajstić information content (AvgIpc) is 3.12. The first-order valence-corrected chi connectivity index (χ1v) is 11.9. The summed E-state index contributed by atoms with van der Waals surface area (Å²) in [5, 5.41) is 24.1. The van der Waals surface area contributed by atoms with Crippen LogP contribution in [0.2, 0.25) is 0 Å². The summed E-state index contributed by atoms with van der Waals surface area (Å²) in [4.78, 5) is 14.5. The molecule has 32 heavy (non-hydrogen) atoms. The second kappa shape index (κ2) is 8.08. The Morgan fingerprint density at radius 1 is 1.44 bits per heavy atom. The number of rotatable bonds is 8. The van der Waals surface area contributed by atoms with E-state index in [-0.39, 0.29) is 23.3 Å². The van der Waals surface area contributed by atoms with E-state index in [1.165, 1.54) is 0 Å². The first-order valence-electron chi connectivity index (χ1n) is 11.9. The number of nitrogens with two attached hydrogens (primary N) is 1. The number of carboxylic acids is 1. The number of carbonyl (C=O) groups is 1. The van der Waals surface area contributed by atoms with Crippen molar-refractivity contribution in [2.24, 2.45) is 11.7 Å². The molecule has 2 aliphatic carbocycles. The Balaban J connectivity index is 1.54. The fourth-order valence-corrected chi connectivity index (χ4v) is 7.17. The number of aliphatic carboxylic acids is 1. The highest BCUT2D eigenvalue weighted by molar-refractivity contribution is 5.73. The Morgan fingerprint density at radius 3 is 2.97 bits per heavy atom. The number of benzene rings is 1. The summed E-state index contributed by atoms with van der Waals surface area (Å²) in [6.07, 6.45) is 5.66. The maximum Gasteiger partial charge on any atom is 0.320 e. The SMILES string of the molecule is COc1cc(O)c2c3c1C[C@@H]1[C@@H]4CC[C@@H](N[C@@H](CCCCN)C(=O)O)[C@H](O2)[C@]34CCN1C. The molecule has 0 amide bonds. The highest BCUT2D eigenvalue weighted by atomic mass is 16.5. The molecule has 1 spiro atoms. The van der Waals surface area contributed by atoms with Crippen molar-refractivity contribution in [1.82, 2.24) is 10.2 Å². The normalized spacial score (nSPS) is 33.3. The zero-order valence-electron chi connectivity index (χ0n) is 19.0. The largest absolute Gasteiger partial charge is 0.504 e. The molecule has 2 heterocycles. The summed E-state index contributed by atoms with van der Waals surface area (Å²) in [5.74, 6) is 1.03. The van der Waals surface area contributed by atoms with E-state index in [1.807, 2.05) is 0 Å². The van der Waals surface area contributed by atoms with Crippen LogP contribution in [0.5, 0.6) is 17.2 Å². The number of phenols is 1. The van der Waals surface area contributed by atoms with Gasteiger partial charge >= 0.3 is 5.97 Å². The van der Waals surface area contributed by atoms with E-state index in [2.05, 4.69) is 17.3 Å². The highest BCUT2D eigenvalue weighted by Crippen LogP contribution is 2.65. The molecule has 2 aliphatic heterocycles. The zero-order valence-corrected chi connectivity index (χ0v) is 19.0. The molecule has 1 aromatic carbocycles. The summed E-state index contributed by atoms with van der Waals surface area (Å²) < 4.78 is 12.2. The van der Waals surface area contributed by atoms with E-state index in [1.54, 1.807) is 13.2 Å². The van der Waals surface area contributed by atoms with Crippen LogP contribution in [0.4, 0.5) is 0 Å². The number of carboxylic acid groups (broad SMARTS) is 1. The van der Waals surface area contributed by atoms with Crippen LogP contribution in [0.3, 0.4) is 0 Å². The van der Waals surface area contributed by atoms with Gasteiger partial charge in [0.2, 0.25) is 0 Å². The Kier molecular flexibility index (Phi) is 5.50. The molecular weight excluding hydrogens is 410 g/mol. The molecule has 1 saturated carbocycles. The summed E-state index contributed by atoms with van der Waals surface area (Å²) >= 11 is 0. The van der Waals surface area contributed by atoms with Gasteiger partial charge in [0.05, 0.1) is 7.11 Å². The van der Waals surface area contributed by atoms with Crippen LogP contribution in [0, 0.1) is 5.92 Å². The van der Waals surface area contributed by atoms with Crippen LogP contribution >= 0.6 is 0 Å². The van der Waals surface area contributed by atoms with Gasteiger partial charge in [-0.05, 0) is 64.6 Å². The zero-order chi connectivity index (χ0) is 22.6. The topological polar surface area (TPSA) is 117 Å². The van der Waals surface area contributed by atoms with Gasteiger partial charge in [-0.15, -0.1) is 0 Å². The summed E-state index contributed by atoms with van der Waals surface area (Å²) in [5.41, 5.74) is 7.66. The quantitative estimate of drug-likeness (QED) is 0.446. The van der Waals surface area contributed by atoms with Crippen molar-refractivity contribution < 1.29 is 24.5 Å². The molecule has 4 aliphatic rings. The Morgan fingerprint density at radius 2 is 2.25 bits per heavy atom. The van der Waals surface area contributed by atoms with Gasteiger partial charge in [-0.25, -0.2) is 0 Å². The van der Waals surface area contributed by atoms with Gasteiger partial charge in [0, 0.05) is 34.7 Å². The number of aromatic hydroxyl groups is 1. The van der Waals surface area contributed by atoms with Crippen LogP contribution in [-0.2, 0) is 16.6 Å². The lowest BCUT2D eigenvalue weighted by molar-refractivity contribution is -0.140. The van der Waals surface area contributed by atoms with E-state index in [0.29, 0.717) is 30.7 Å². The summed E-state index contributed by atoms with van der Waals surface area (Å²) in [6.45, 7) is 1.53. The minimum absolute atomic E-state index is 0.0852. The fraction of sp³-hybridized carbons (Fsp3) is 0.708. The number of hydrogen-bond acceptors (Lipinski definition) is 7. The lowest BCUT2D eigenvalue weighted by Crippen LogP contribution is -2.68. The van der Waals surface area contributed by atoms with Crippen LogP contribution in [0.1, 0.15) is 49.7 Å². The number of hydrogen-bond donors (Lipinski definition) is 4. The van der Waals surface area contributed by atoms with Crippen LogP contribution in [0.25, 0.3) is 0 Å². The summed E-state index contributed by atoms with van der Waals surface area (Å²) in [6, 6.07) is 1.36. The Labute approximate surface area is 189 Å². The van der Waals surface area contributed by atoms with E-state index < -0.39 is 12.0 Å². The van der Waals surface area contributed by atoms with Crippen molar-refractivity contribution in [2.75, 3.05) is 27.2 Å². The summed E-state index contributed by atoms with van der Waals surface area (Å²) in [7, 11) is 3.85. The van der Waals surface area contributed by atoms with E-state index in [4.69, 9.17) is 15.2 Å². The molecule has 6 atom stereocenters. The third-order valence-corrected chi connectivity index (χ3v) is 8.56. The molecule has 8 heteroatoms. The Bertz CT molecular complexity index is 908. The predicted molar refractivity (Wildman–Crippen MR) is 119 cm³/mol. The number of nitrogens with zero attached hydrogens (tertiary/aromatic N) is 1. The van der Waals surface area contributed by atoms with Crippen molar-refractivity contribution >= 4 is 5.97 Å². The molecule has 2 bridgehead atoms. The van der Waals surface area contributed by atoms with Gasteiger partial charge in [0.15, 0.2) is 11.5 Å².